The van der Waals surface area contributed by atoms with Gasteiger partial charge in [-0.1, -0.05) is 20.8 Å². The number of ketones is 1. The summed E-state index contributed by atoms with van der Waals surface area (Å²) in [7, 11) is 1.66. The van der Waals surface area contributed by atoms with Gasteiger partial charge in [0.15, 0.2) is 17.3 Å². The first-order chi connectivity index (χ1) is 18.1. The summed E-state index contributed by atoms with van der Waals surface area (Å²) in [6, 6.07) is 5.56. The Morgan fingerprint density at radius 3 is 2.39 bits per heavy atom. The van der Waals surface area contributed by atoms with Gasteiger partial charge in [0.1, 0.15) is 24.4 Å². The van der Waals surface area contributed by atoms with Crippen molar-refractivity contribution >= 4 is 17.3 Å². The van der Waals surface area contributed by atoms with E-state index < -0.39 is 5.82 Å². The van der Waals surface area contributed by atoms with Crippen LogP contribution in [0.15, 0.2) is 18.2 Å². The number of hydrogen-bond acceptors (Lipinski definition) is 7. The topological polar surface area (TPSA) is 86.3 Å². The van der Waals surface area contributed by atoms with E-state index in [-0.39, 0.29) is 41.5 Å². The van der Waals surface area contributed by atoms with Gasteiger partial charge < -0.3 is 23.8 Å². The molecule has 2 aromatic rings. The van der Waals surface area contributed by atoms with E-state index >= 15 is 4.39 Å². The lowest BCUT2D eigenvalue weighted by Crippen LogP contribution is -2.37. The Kier molecular flexibility index (Phi) is 8.16. The van der Waals surface area contributed by atoms with Gasteiger partial charge in [-0.15, -0.1) is 0 Å². The van der Waals surface area contributed by atoms with Crippen molar-refractivity contribution in [3.63, 3.8) is 0 Å². The third kappa shape index (κ3) is 5.29. The normalized spacial score (nSPS) is 15.5. The fourth-order valence-corrected chi connectivity index (χ4v) is 5.04. The van der Waals surface area contributed by atoms with E-state index in [1.807, 2.05) is 19.1 Å². The number of Topliss-reactive ketones (excluding diaryl/α,β-unsaturated/α-hetero) is 1. The Morgan fingerprint density at radius 2 is 1.79 bits per heavy atom. The zero-order valence-electron chi connectivity index (χ0n) is 23.3. The van der Waals surface area contributed by atoms with Crippen molar-refractivity contribution in [2.45, 2.75) is 46.6 Å². The van der Waals surface area contributed by atoms with Crippen LogP contribution in [-0.2, 0) is 16.7 Å². The first kappa shape index (κ1) is 27.7. The molecule has 1 saturated heterocycles. The van der Waals surface area contributed by atoms with Gasteiger partial charge in [0.2, 0.25) is 5.78 Å². The van der Waals surface area contributed by atoms with Crippen LogP contribution < -0.4 is 24.8 Å². The van der Waals surface area contributed by atoms with Gasteiger partial charge in [0, 0.05) is 29.8 Å². The molecule has 2 heterocycles. The molecular formula is C29H39FN3O5+. The number of carbonyl (C=O) groups is 1. The molecule has 0 aromatic heterocycles. The maximum Gasteiger partial charge on any atom is 0.279 e. The van der Waals surface area contributed by atoms with E-state index in [0.717, 1.165) is 17.0 Å². The lowest BCUT2D eigenvalue weighted by atomic mass is 9.84. The van der Waals surface area contributed by atoms with Crippen molar-refractivity contribution in [1.29, 1.82) is 0 Å². The van der Waals surface area contributed by atoms with E-state index in [4.69, 9.17) is 24.7 Å². The van der Waals surface area contributed by atoms with Crippen molar-refractivity contribution in [1.82, 2.24) is 0 Å². The van der Waals surface area contributed by atoms with Crippen molar-refractivity contribution in [2.24, 2.45) is 5.73 Å². The van der Waals surface area contributed by atoms with Gasteiger partial charge in [-0.25, -0.2) is 8.97 Å². The molecule has 9 heteroatoms. The van der Waals surface area contributed by atoms with Gasteiger partial charge in [0.25, 0.3) is 5.84 Å². The van der Waals surface area contributed by atoms with E-state index in [9.17, 15) is 4.79 Å². The van der Waals surface area contributed by atoms with Crippen molar-refractivity contribution in [2.75, 3.05) is 58.1 Å². The molecule has 206 valence electrons. The molecule has 2 N–H and O–H groups in total. The minimum absolute atomic E-state index is 0.00630. The lowest BCUT2D eigenvalue weighted by molar-refractivity contribution is -0.526. The summed E-state index contributed by atoms with van der Waals surface area (Å²) in [4.78, 5) is 15.9. The molecule has 38 heavy (non-hydrogen) atoms. The zero-order chi connectivity index (χ0) is 27.6. The average Bonchev–Trinajstić information content (AvgIpc) is 3.20. The molecule has 0 unspecified atom stereocenters. The summed E-state index contributed by atoms with van der Waals surface area (Å²) < 4.78 is 39.8. The highest BCUT2D eigenvalue weighted by molar-refractivity contribution is 6.01. The summed E-state index contributed by atoms with van der Waals surface area (Å²) in [5, 5.41) is 0. The molecule has 0 radical (unpaired) electrons. The maximum absolute atomic E-state index is 15.5. The molecule has 4 rings (SSSR count). The van der Waals surface area contributed by atoms with Gasteiger partial charge in [-0.2, -0.15) is 0 Å². The summed E-state index contributed by atoms with van der Waals surface area (Å²) in [6.07, 6.45) is 0. The highest BCUT2D eigenvalue weighted by atomic mass is 19.1. The number of benzene rings is 2. The van der Waals surface area contributed by atoms with E-state index in [2.05, 4.69) is 25.7 Å². The average molecular weight is 529 g/mol. The van der Waals surface area contributed by atoms with E-state index in [1.54, 1.807) is 24.7 Å². The molecule has 0 saturated carbocycles. The number of nitrogens with zero attached hydrogens (tertiary/aromatic N) is 2. The molecule has 2 aromatic carbocycles. The largest absolute Gasteiger partial charge is 0.494 e. The summed E-state index contributed by atoms with van der Waals surface area (Å²) in [6.45, 7) is 13.5. The van der Waals surface area contributed by atoms with Crippen LogP contribution in [-0.4, -0.2) is 69.4 Å². The fraction of sp³-hybridized carbons (Fsp3) is 0.517. The Hall–Kier alpha value is -3.33. The van der Waals surface area contributed by atoms with Crippen molar-refractivity contribution < 1.29 is 32.7 Å². The second kappa shape index (κ2) is 11.2. The zero-order valence-corrected chi connectivity index (χ0v) is 23.3. The van der Waals surface area contributed by atoms with E-state index in [1.165, 1.54) is 0 Å². The quantitative estimate of drug-likeness (QED) is 0.391. The molecule has 2 aliphatic rings. The highest BCUT2D eigenvalue weighted by Crippen LogP contribution is 2.41. The smallest absolute Gasteiger partial charge is 0.279 e. The second-order valence-electron chi connectivity index (χ2n) is 10.5. The van der Waals surface area contributed by atoms with E-state index in [0.29, 0.717) is 56.3 Å². The number of rotatable bonds is 9. The van der Waals surface area contributed by atoms with Crippen LogP contribution in [0, 0.1) is 5.82 Å². The third-order valence-electron chi connectivity index (χ3n) is 6.91. The number of amidine groups is 1. The molecule has 0 aliphatic carbocycles. The number of halogens is 1. The molecule has 0 bridgehead atoms. The molecule has 0 spiro atoms. The third-order valence-corrected chi connectivity index (χ3v) is 6.91. The van der Waals surface area contributed by atoms with Crippen LogP contribution >= 0.6 is 0 Å². The molecule has 8 nitrogen and oxygen atoms in total. The Balaban J connectivity index is 1.71. The SMILES string of the molecule is CCOc1cc2c(c(F)c1OCC)C(N)=[N+](CC(=O)c1cc(N3CCOCC3)c(OC)c(C(C)(C)C)c1)C2. The Labute approximate surface area is 224 Å². The monoisotopic (exact) mass is 528 g/mol. The first-order valence-electron chi connectivity index (χ1n) is 13.2. The number of anilines is 1. The van der Waals surface area contributed by atoms with Crippen molar-refractivity contribution in [3.8, 4) is 17.2 Å². The Bertz CT molecular complexity index is 1250. The first-order valence-corrected chi connectivity index (χ1v) is 13.2. The molecule has 0 atom stereocenters. The predicted octanol–water partition coefficient (Wildman–Crippen LogP) is 3.88. The molecule has 1 fully saturated rings. The lowest BCUT2D eigenvalue weighted by Gasteiger charge is -2.33. The van der Waals surface area contributed by atoms with Crippen LogP contribution in [0.2, 0.25) is 0 Å². The Morgan fingerprint density at radius 1 is 1.11 bits per heavy atom. The fourth-order valence-electron chi connectivity index (χ4n) is 5.04. The highest BCUT2D eigenvalue weighted by Gasteiger charge is 2.34. The van der Waals surface area contributed by atoms with Crippen LogP contribution in [0.25, 0.3) is 0 Å². The van der Waals surface area contributed by atoms with Crippen LogP contribution in [0.5, 0.6) is 17.2 Å². The van der Waals surface area contributed by atoms with Crippen LogP contribution in [0.4, 0.5) is 10.1 Å². The summed E-state index contributed by atoms with van der Waals surface area (Å²) in [5.74, 6) is 0.696. The predicted molar refractivity (Wildman–Crippen MR) is 145 cm³/mol. The second-order valence-corrected chi connectivity index (χ2v) is 10.5. The van der Waals surface area contributed by atoms with Gasteiger partial charge in [-0.05, 0) is 37.5 Å². The van der Waals surface area contributed by atoms with Crippen LogP contribution in [0.3, 0.4) is 0 Å². The summed E-state index contributed by atoms with van der Waals surface area (Å²) in [5.41, 5.74) is 9.47. The van der Waals surface area contributed by atoms with Crippen LogP contribution in [0.1, 0.15) is 61.7 Å². The number of hydrogen-bond donors (Lipinski definition) is 1. The number of carbonyl (C=O) groups excluding carboxylic acids is 1. The number of nitrogens with two attached hydrogens (primary N) is 1. The molecular weight excluding hydrogens is 489 g/mol. The van der Waals surface area contributed by atoms with Gasteiger partial charge in [-0.3, -0.25) is 10.5 Å². The number of fused-ring (bicyclic) bond motifs is 1. The molecule has 2 aliphatic heterocycles. The number of methoxy groups -OCH3 is 1. The van der Waals surface area contributed by atoms with Gasteiger partial charge >= 0.3 is 0 Å². The number of ether oxygens (including phenoxy) is 4. The number of morpholine rings is 1. The standard InChI is InChI=1S/C29H38FN3O5/c1-7-37-23-15-19-16-33(28(31)24(19)25(30)27(23)38-8-2)17-22(34)18-13-20(29(3,4)5)26(35-6)21(14-18)32-9-11-36-12-10-32/h13-15,31H,7-12,16-17H2,1-6H3/p+1. The van der Waals surface area contributed by atoms with Gasteiger partial charge in [0.05, 0.1) is 39.2 Å². The van der Waals surface area contributed by atoms with Crippen molar-refractivity contribution in [3.05, 3.63) is 46.3 Å². The minimum Gasteiger partial charge on any atom is -0.494 e. The maximum atomic E-state index is 15.5. The summed E-state index contributed by atoms with van der Waals surface area (Å²) >= 11 is 0. The minimum atomic E-state index is -0.561. The molecule has 0 amide bonds.